The monoisotopic (exact) mass is 272 g/mol. The molecule has 0 saturated carbocycles. The third kappa shape index (κ3) is 5.16. The van der Waals surface area contributed by atoms with Crippen LogP contribution in [0.25, 0.3) is 0 Å². The van der Waals surface area contributed by atoms with Crippen molar-refractivity contribution < 1.29 is 9.53 Å². The maximum Gasteiger partial charge on any atom is 0.230 e. The topological polar surface area (TPSA) is 50.4 Å². The lowest BCUT2D eigenvalue weighted by atomic mass is 10.0. The van der Waals surface area contributed by atoms with Crippen molar-refractivity contribution in [3.63, 3.8) is 0 Å². The minimum atomic E-state index is 0.184. The summed E-state index contributed by atoms with van der Waals surface area (Å²) in [4.78, 5) is 11.7. The molecule has 104 valence electrons. The van der Waals surface area contributed by atoms with Gasteiger partial charge in [-0.3, -0.25) is 4.79 Å². The van der Waals surface area contributed by atoms with E-state index in [-0.39, 0.29) is 5.91 Å². The van der Waals surface area contributed by atoms with Crippen molar-refractivity contribution in [1.82, 2.24) is 10.6 Å². The summed E-state index contributed by atoms with van der Waals surface area (Å²) in [5.74, 6) is 1.31. The Morgan fingerprint density at radius 1 is 1.33 bits per heavy atom. The number of nitrogens with one attached hydrogen (secondary N) is 2. The summed E-state index contributed by atoms with van der Waals surface area (Å²) in [6.07, 6.45) is 4.69. The molecule has 18 heavy (non-hydrogen) atoms. The molecule has 0 aliphatic carbocycles. The van der Waals surface area contributed by atoms with E-state index in [1.165, 1.54) is 19.3 Å². The van der Waals surface area contributed by atoms with E-state index in [0.717, 1.165) is 39.3 Å². The van der Waals surface area contributed by atoms with Gasteiger partial charge in [0, 0.05) is 18.4 Å². The van der Waals surface area contributed by atoms with Crippen LogP contribution in [0.3, 0.4) is 0 Å². The van der Waals surface area contributed by atoms with E-state index in [2.05, 4.69) is 10.6 Å². The lowest BCUT2D eigenvalue weighted by Gasteiger charge is -2.23. The molecule has 2 N–H and O–H groups in total. The van der Waals surface area contributed by atoms with Gasteiger partial charge in [0.25, 0.3) is 0 Å². The molecule has 1 unspecified atom stereocenters. The molecule has 2 aliphatic heterocycles. The van der Waals surface area contributed by atoms with Gasteiger partial charge in [-0.15, -0.1) is 11.8 Å². The molecule has 0 radical (unpaired) electrons. The number of hydrogen-bond donors (Lipinski definition) is 2. The highest BCUT2D eigenvalue weighted by Crippen LogP contribution is 2.19. The van der Waals surface area contributed by atoms with Gasteiger partial charge in [-0.2, -0.15) is 0 Å². The minimum absolute atomic E-state index is 0.184. The van der Waals surface area contributed by atoms with Crippen LogP contribution in [0.2, 0.25) is 0 Å². The van der Waals surface area contributed by atoms with E-state index >= 15 is 0 Å². The number of carbonyl (C=O) groups excluding carboxylic acids is 1. The predicted molar refractivity (Wildman–Crippen MR) is 74.9 cm³/mol. The molecule has 0 spiro atoms. The quantitative estimate of drug-likeness (QED) is 0.784. The Bertz CT molecular complexity index is 227. The molecular weight excluding hydrogens is 248 g/mol. The van der Waals surface area contributed by atoms with E-state index < -0.39 is 0 Å². The zero-order valence-electron chi connectivity index (χ0n) is 11.0. The highest BCUT2D eigenvalue weighted by atomic mass is 32.2. The van der Waals surface area contributed by atoms with Crippen LogP contribution < -0.4 is 10.6 Å². The number of piperidine rings is 1. The summed E-state index contributed by atoms with van der Waals surface area (Å²) >= 11 is 1.81. The van der Waals surface area contributed by atoms with Crippen molar-refractivity contribution in [2.45, 2.75) is 30.9 Å². The Morgan fingerprint density at radius 2 is 2.17 bits per heavy atom. The Kier molecular flexibility index (Phi) is 6.31. The van der Waals surface area contributed by atoms with E-state index in [1.807, 2.05) is 11.8 Å². The number of rotatable bonds is 5. The number of thioether (sulfide) groups is 1. The van der Waals surface area contributed by atoms with Crippen molar-refractivity contribution >= 4 is 17.7 Å². The highest BCUT2D eigenvalue weighted by Gasteiger charge is 2.17. The van der Waals surface area contributed by atoms with Crippen LogP contribution in [-0.2, 0) is 9.53 Å². The van der Waals surface area contributed by atoms with Crippen molar-refractivity contribution in [3.8, 4) is 0 Å². The summed E-state index contributed by atoms with van der Waals surface area (Å²) in [6, 6.07) is 0. The second-order valence-corrected chi connectivity index (χ2v) is 6.44. The molecule has 0 aromatic heterocycles. The first-order valence-electron chi connectivity index (χ1n) is 7.01. The van der Waals surface area contributed by atoms with Gasteiger partial charge in [0.1, 0.15) is 0 Å². The largest absolute Gasteiger partial charge is 0.381 e. The normalized spacial score (nSPS) is 25.9. The standard InChI is InChI=1S/C13H24N2O2S/c16-13(10-18-12-3-5-14-6-4-12)15-8-11-2-1-7-17-9-11/h11-12,14H,1-10H2,(H,15,16). The average molecular weight is 272 g/mol. The first-order chi connectivity index (χ1) is 8.84. The Morgan fingerprint density at radius 3 is 2.89 bits per heavy atom. The van der Waals surface area contributed by atoms with Crippen LogP contribution in [0, 0.1) is 5.92 Å². The lowest BCUT2D eigenvalue weighted by molar-refractivity contribution is -0.118. The number of carbonyl (C=O) groups is 1. The third-order valence-corrected chi connectivity index (χ3v) is 4.95. The van der Waals surface area contributed by atoms with Gasteiger partial charge in [-0.05, 0) is 44.7 Å². The smallest absolute Gasteiger partial charge is 0.230 e. The van der Waals surface area contributed by atoms with Crippen molar-refractivity contribution in [2.24, 2.45) is 5.92 Å². The van der Waals surface area contributed by atoms with Gasteiger partial charge >= 0.3 is 0 Å². The van der Waals surface area contributed by atoms with Crippen molar-refractivity contribution in [2.75, 3.05) is 38.6 Å². The van der Waals surface area contributed by atoms with Crippen LogP contribution in [0.1, 0.15) is 25.7 Å². The molecule has 0 aromatic carbocycles. The second kappa shape index (κ2) is 8.02. The predicted octanol–water partition coefficient (Wildman–Crippen LogP) is 1.01. The van der Waals surface area contributed by atoms with Gasteiger partial charge < -0.3 is 15.4 Å². The van der Waals surface area contributed by atoms with E-state index in [0.29, 0.717) is 16.9 Å². The van der Waals surface area contributed by atoms with Gasteiger partial charge in [0.15, 0.2) is 0 Å². The summed E-state index contributed by atoms with van der Waals surface area (Å²) in [7, 11) is 0. The Hall–Kier alpha value is -0.260. The first kappa shape index (κ1) is 14.2. The highest BCUT2D eigenvalue weighted by molar-refractivity contribution is 8.00. The van der Waals surface area contributed by atoms with E-state index in [9.17, 15) is 4.79 Å². The zero-order chi connectivity index (χ0) is 12.6. The molecule has 4 nitrogen and oxygen atoms in total. The van der Waals surface area contributed by atoms with Crippen LogP contribution in [-0.4, -0.2) is 49.8 Å². The SMILES string of the molecule is O=C(CSC1CCNCC1)NCC1CCCOC1. The fourth-order valence-corrected chi connectivity index (χ4v) is 3.49. The molecule has 2 aliphatic rings. The van der Waals surface area contributed by atoms with Crippen LogP contribution in [0.15, 0.2) is 0 Å². The molecule has 5 heteroatoms. The molecule has 2 fully saturated rings. The maximum absolute atomic E-state index is 11.7. The molecular formula is C13H24N2O2S. The minimum Gasteiger partial charge on any atom is -0.381 e. The zero-order valence-corrected chi connectivity index (χ0v) is 11.8. The van der Waals surface area contributed by atoms with Crippen LogP contribution in [0.5, 0.6) is 0 Å². The summed E-state index contributed by atoms with van der Waals surface area (Å²) in [6.45, 7) is 4.67. The maximum atomic E-state index is 11.7. The van der Waals surface area contributed by atoms with E-state index in [4.69, 9.17) is 4.74 Å². The summed E-state index contributed by atoms with van der Waals surface area (Å²) in [5.41, 5.74) is 0. The van der Waals surface area contributed by atoms with Crippen molar-refractivity contribution in [3.05, 3.63) is 0 Å². The van der Waals surface area contributed by atoms with Crippen molar-refractivity contribution in [1.29, 1.82) is 0 Å². The third-order valence-electron chi connectivity index (χ3n) is 3.58. The molecule has 1 amide bonds. The molecule has 2 heterocycles. The van der Waals surface area contributed by atoms with Gasteiger partial charge in [0.2, 0.25) is 5.91 Å². The fourth-order valence-electron chi connectivity index (χ4n) is 2.43. The first-order valence-corrected chi connectivity index (χ1v) is 8.06. The number of ether oxygens (including phenoxy) is 1. The number of amides is 1. The lowest BCUT2D eigenvalue weighted by Crippen LogP contribution is -2.35. The van der Waals surface area contributed by atoms with Gasteiger partial charge in [-0.1, -0.05) is 0 Å². The molecule has 2 rings (SSSR count). The van der Waals surface area contributed by atoms with Gasteiger partial charge in [-0.25, -0.2) is 0 Å². The average Bonchev–Trinajstić information content (AvgIpc) is 2.45. The Balaban J connectivity index is 1.54. The van der Waals surface area contributed by atoms with E-state index in [1.54, 1.807) is 0 Å². The van der Waals surface area contributed by atoms with Gasteiger partial charge in [0.05, 0.1) is 12.4 Å². The molecule has 0 aromatic rings. The second-order valence-electron chi connectivity index (χ2n) is 5.15. The fraction of sp³-hybridized carbons (Fsp3) is 0.923. The molecule has 2 saturated heterocycles. The summed E-state index contributed by atoms with van der Waals surface area (Å²) < 4.78 is 5.41. The summed E-state index contributed by atoms with van der Waals surface area (Å²) in [5, 5.41) is 7.04. The molecule has 1 atom stereocenters. The Labute approximate surface area is 114 Å². The number of hydrogen-bond acceptors (Lipinski definition) is 4. The molecule has 0 bridgehead atoms. The van der Waals surface area contributed by atoms with Crippen LogP contribution >= 0.6 is 11.8 Å². The van der Waals surface area contributed by atoms with Crippen LogP contribution in [0.4, 0.5) is 0 Å².